The lowest BCUT2D eigenvalue weighted by atomic mass is 9.97. The van der Waals surface area contributed by atoms with E-state index < -0.39 is 0 Å². The maximum atomic E-state index is 11.8. The number of hydrogen-bond acceptors (Lipinski definition) is 3. The Balaban J connectivity index is 1.49. The Labute approximate surface area is 154 Å². The number of piperidine rings is 1. The van der Waals surface area contributed by atoms with Crippen molar-refractivity contribution in [3.8, 4) is 11.8 Å². The predicted molar refractivity (Wildman–Crippen MR) is 104 cm³/mol. The first kappa shape index (κ1) is 18.0. The van der Waals surface area contributed by atoms with Crippen LogP contribution in [0.4, 0.5) is 5.69 Å². The second-order valence-electron chi connectivity index (χ2n) is 6.58. The van der Waals surface area contributed by atoms with Crippen molar-refractivity contribution in [1.82, 2.24) is 5.32 Å². The zero-order valence-corrected chi connectivity index (χ0v) is 14.8. The minimum atomic E-state index is -0.274. The standard InChI is InChI=1S/C22H24N2O2/c25-17-20-12-14-24(15-13-20)21-9-6-19(7-10-21)16-23-22(26)11-8-18-4-2-1-3-5-18/h1-7,9-10,20,25H,12-17H2,(H,23,26). The molecule has 1 aliphatic rings. The van der Waals surface area contributed by atoms with E-state index in [0.717, 1.165) is 37.1 Å². The van der Waals surface area contributed by atoms with Crippen LogP contribution in [0.25, 0.3) is 0 Å². The van der Waals surface area contributed by atoms with Crippen molar-refractivity contribution in [2.45, 2.75) is 19.4 Å². The molecule has 1 fully saturated rings. The van der Waals surface area contributed by atoms with Crippen molar-refractivity contribution in [1.29, 1.82) is 0 Å². The predicted octanol–water partition coefficient (Wildman–Crippen LogP) is 2.56. The molecule has 2 aromatic rings. The molecule has 1 aliphatic heterocycles. The van der Waals surface area contributed by atoms with Crippen LogP contribution in [-0.4, -0.2) is 30.7 Å². The SMILES string of the molecule is O=C(C#Cc1ccccc1)NCc1ccc(N2CCC(CO)CC2)cc1. The second-order valence-corrected chi connectivity index (χ2v) is 6.58. The summed E-state index contributed by atoms with van der Waals surface area (Å²) in [6.45, 7) is 2.72. The van der Waals surface area contributed by atoms with Gasteiger partial charge in [-0.3, -0.25) is 4.79 Å². The largest absolute Gasteiger partial charge is 0.396 e. The number of carbonyl (C=O) groups excluding carboxylic acids is 1. The molecule has 0 atom stereocenters. The van der Waals surface area contributed by atoms with Gasteiger partial charge in [0.1, 0.15) is 0 Å². The van der Waals surface area contributed by atoms with E-state index in [1.807, 2.05) is 42.5 Å². The van der Waals surface area contributed by atoms with Gasteiger partial charge in [-0.25, -0.2) is 0 Å². The monoisotopic (exact) mass is 348 g/mol. The van der Waals surface area contributed by atoms with Gasteiger partial charge >= 0.3 is 0 Å². The number of aliphatic hydroxyl groups is 1. The summed E-state index contributed by atoms with van der Waals surface area (Å²) in [7, 11) is 0. The molecule has 2 aromatic carbocycles. The van der Waals surface area contributed by atoms with E-state index in [1.165, 1.54) is 5.69 Å². The Hall–Kier alpha value is -2.77. The van der Waals surface area contributed by atoms with Gasteiger partial charge in [-0.15, -0.1) is 0 Å². The molecule has 3 rings (SSSR count). The molecular formula is C22H24N2O2. The normalized spacial score (nSPS) is 14.4. The maximum Gasteiger partial charge on any atom is 0.296 e. The quantitative estimate of drug-likeness (QED) is 0.835. The molecule has 0 saturated carbocycles. The molecule has 1 heterocycles. The van der Waals surface area contributed by atoms with Crippen molar-refractivity contribution in [3.05, 3.63) is 65.7 Å². The van der Waals surface area contributed by atoms with Crippen molar-refractivity contribution in [3.63, 3.8) is 0 Å². The van der Waals surface area contributed by atoms with E-state index in [4.69, 9.17) is 0 Å². The fourth-order valence-electron chi connectivity index (χ4n) is 3.08. The van der Waals surface area contributed by atoms with Crippen LogP contribution in [0.15, 0.2) is 54.6 Å². The molecule has 0 spiro atoms. The summed E-state index contributed by atoms with van der Waals surface area (Å²) in [6.07, 6.45) is 2.07. The van der Waals surface area contributed by atoms with Gasteiger partial charge in [0.2, 0.25) is 0 Å². The van der Waals surface area contributed by atoms with Gasteiger partial charge in [0.15, 0.2) is 0 Å². The highest BCUT2D eigenvalue weighted by Crippen LogP contribution is 2.23. The van der Waals surface area contributed by atoms with Crippen molar-refractivity contribution < 1.29 is 9.90 Å². The number of benzene rings is 2. The Kier molecular flexibility index (Phi) is 6.29. The van der Waals surface area contributed by atoms with Crippen LogP contribution in [0, 0.1) is 17.8 Å². The number of carbonyl (C=O) groups is 1. The lowest BCUT2D eigenvalue weighted by Crippen LogP contribution is -2.34. The van der Waals surface area contributed by atoms with Crippen molar-refractivity contribution >= 4 is 11.6 Å². The minimum Gasteiger partial charge on any atom is -0.396 e. The summed E-state index contributed by atoms with van der Waals surface area (Å²) in [4.78, 5) is 14.2. The molecule has 4 nitrogen and oxygen atoms in total. The zero-order valence-electron chi connectivity index (χ0n) is 14.8. The third-order valence-electron chi connectivity index (χ3n) is 4.72. The van der Waals surface area contributed by atoms with E-state index in [2.05, 4.69) is 34.2 Å². The zero-order chi connectivity index (χ0) is 18.2. The molecule has 0 aromatic heterocycles. The van der Waals surface area contributed by atoms with Gasteiger partial charge in [0, 0.05) is 43.4 Å². The van der Waals surface area contributed by atoms with Crippen LogP contribution in [-0.2, 0) is 11.3 Å². The summed E-state index contributed by atoms with van der Waals surface area (Å²) < 4.78 is 0. The Bertz CT molecular complexity index is 767. The molecule has 0 bridgehead atoms. The average molecular weight is 348 g/mol. The first-order valence-corrected chi connectivity index (χ1v) is 9.04. The third-order valence-corrected chi connectivity index (χ3v) is 4.72. The highest BCUT2D eigenvalue weighted by molar-refractivity contribution is 5.94. The second kappa shape index (κ2) is 9.07. The van der Waals surface area contributed by atoms with Gasteiger partial charge in [-0.1, -0.05) is 36.3 Å². The number of nitrogens with zero attached hydrogens (tertiary/aromatic N) is 1. The van der Waals surface area contributed by atoms with Gasteiger partial charge in [0.25, 0.3) is 5.91 Å². The molecular weight excluding hydrogens is 324 g/mol. The summed E-state index contributed by atoms with van der Waals surface area (Å²) >= 11 is 0. The van der Waals surface area contributed by atoms with E-state index >= 15 is 0 Å². The smallest absolute Gasteiger partial charge is 0.296 e. The summed E-state index contributed by atoms with van der Waals surface area (Å²) in [5.74, 6) is 5.64. The number of hydrogen-bond donors (Lipinski definition) is 2. The van der Waals surface area contributed by atoms with Crippen LogP contribution in [0.1, 0.15) is 24.0 Å². The van der Waals surface area contributed by atoms with Gasteiger partial charge in [-0.2, -0.15) is 0 Å². The van der Waals surface area contributed by atoms with Gasteiger partial charge < -0.3 is 15.3 Å². The Morgan fingerprint density at radius 2 is 1.77 bits per heavy atom. The number of rotatable bonds is 4. The maximum absolute atomic E-state index is 11.8. The number of anilines is 1. The van der Waals surface area contributed by atoms with Crippen molar-refractivity contribution in [2.24, 2.45) is 5.92 Å². The van der Waals surface area contributed by atoms with Crippen LogP contribution in [0.3, 0.4) is 0 Å². The molecule has 1 saturated heterocycles. The van der Waals surface area contributed by atoms with E-state index in [1.54, 1.807) is 0 Å². The van der Waals surface area contributed by atoms with Gasteiger partial charge in [0.05, 0.1) is 0 Å². The molecule has 0 aliphatic carbocycles. The molecule has 0 unspecified atom stereocenters. The summed E-state index contributed by atoms with van der Waals surface area (Å²) in [6, 6.07) is 17.7. The Morgan fingerprint density at radius 3 is 2.42 bits per heavy atom. The number of amides is 1. The molecule has 1 amide bonds. The van der Waals surface area contributed by atoms with E-state index in [9.17, 15) is 9.90 Å². The molecule has 26 heavy (non-hydrogen) atoms. The average Bonchev–Trinajstić information content (AvgIpc) is 2.72. The fraction of sp³-hybridized carbons (Fsp3) is 0.318. The van der Waals surface area contributed by atoms with Crippen LogP contribution in [0.5, 0.6) is 0 Å². The molecule has 2 N–H and O–H groups in total. The highest BCUT2D eigenvalue weighted by atomic mass is 16.3. The molecule has 134 valence electrons. The van der Waals surface area contributed by atoms with Crippen LogP contribution >= 0.6 is 0 Å². The summed E-state index contributed by atoms with van der Waals surface area (Å²) in [5, 5.41) is 12.1. The lowest BCUT2D eigenvalue weighted by molar-refractivity contribution is -0.115. The highest BCUT2D eigenvalue weighted by Gasteiger charge is 2.18. The fourth-order valence-corrected chi connectivity index (χ4v) is 3.08. The van der Waals surface area contributed by atoms with Crippen LogP contribution < -0.4 is 10.2 Å². The first-order chi connectivity index (χ1) is 12.7. The number of nitrogens with one attached hydrogen (secondary N) is 1. The molecule has 0 radical (unpaired) electrons. The lowest BCUT2D eigenvalue weighted by Gasteiger charge is -2.33. The topological polar surface area (TPSA) is 52.6 Å². The van der Waals surface area contributed by atoms with Gasteiger partial charge in [-0.05, 0) is 48.6 Å². The van der Waals surface area contributed by atoms with E-state index in [0.29, 0.717) is 19.1 Å². The molecule has 4 heteroatoms. The van der Waals surface area contributed by atoms with Crippen LogP contribution in [0.2, 0.25) is 0 Å². The third kappa shape index (κ3) is 5.11. The Morgan fingerprint density at radius 1 is 1.08 bits per heavy atom. The van der Waals surface area contributed by atoms with Crippen molar-refractivity contribution in [2.75, 3.05) is 24.6 Å². The number of aliphatic hydroxyl groups excluding tert-OH is 1. The summed E-state index contributed by atoms with van der Waals surface area (Å²) in [5.41, 5.74) is 3.08. The minimum absolute atomic E-state index is 0.274. The first-order valence-electron chi connectivity index (χ1n) is 9.04. The van der Waals surface area contributed by atoms with E-state index in [-0.39, 0.29) is 5.91 Å².